The smallest absolute Gasteiger partial charge is 0.338 e. The number of halogens is 6. The summed E-state index contributed by atoms with van der Waals surface area (Å²) in [5.74, 6) is -0.716. The van der Waals surface area contributed by atoms with Crippen LogP contribution in [0.25, 0.3) is 6.08 Å². The maximum absolute atomic E-state index is 14.5. The molecule has 1 fully saturated rings. The van der Waals surface area contributed by atoms with Gasteiger partial charge in [0, 0.05) is 58.0 Å². The van der Waals surface area contributed by atoms with Crippen molar-refractivity contribution in [2.24, 2.45) is 0 Å². The minimum Gasteiger partial charge on any atom is -0.338 e. The van der Waals surface area contributed by atoms with Crippen molar-refractivity contribution in [1.29, 1.82) is 0 Å². The van der Waals surface area contributed by atoms with Crippen LogP contribution in [0.4, 0.5) is 26.3 Å². The summed E-state index contributed by atoms with van der Waals surface area (Å²) < 4.78 is 78.5. The lowest BCUT2D eigenvalue weighted by Crippen LogP contribution is -2.56. The number of carbonyl (C=O) groups excluding carboxylic acids is 2. The number of hydrogen-bond acceptors (Lipinski definition) is 4. The number of hydrogen-bond donors (Lipinski definition) is 0. The molecule has 0 saturated carbocycles. The minimum atomic E-state index is -4.52. The van der Waals surface area contributed by atoms with Crippen LogP contribution in [0.2, 0.25) is 0 Å². The van der Waals surface area contributed by atoms with Gasteiger partial charge in [-0.25, -0.2) is 0 Å². The molecule has 3 aromatic carbocycles. The molecule has 2 heterocycles. The normalized spacial score (nSPS) is 14.7. The first-order valence-corrected chi connectivity index (χ1v) is 18.1. The Hall–Kier alpha value is -4.97. The molecule has 1 aliphatic heterocycles. The van der Waals surface area contributed by atoms with Crippen LogP contribution in [0.15, 0.2) is 103 Å². The van der Waals surface area contributed by atoms with Crippen molar-refractivity contribution < 1.29 is 35.9 Å². The molecule has 0 N–H and O–H groups in total. The number of aromatic nitrogens is 1. The largest absolute Gasteiger partial charge is 0.433 e. The molecular formula is C42H44F6N4O2. The zero-order valence-corrected chi connectivity index (χ0v) is 30.1. The average molecular weight is 751 g/mol. The van der Waals surface area contributed by atoms with E-state index < -0.39 is 35.6 Å². The fraction of sp³-hybridized carbons (Fsp3) is 0.357. The third kappa shape index (κ3) is 11.5. The molecule has 0 bridgehead atoms. The van der Waals surface area contributed by atoms with Gasteiger partial charge in [0.25, 0.3) is 0 Å². The van der Waals surface area contributed by atoms with E-state index in [0.717, 1.165) is 55.0 Å². The van der Waals surface area contributed by atoms with Crippen molar-refractivity contribution in [3.05, 3.63) is 142 Å². The zero-order chi connectivity index (χ0) is 38.7. The predicted molar refractivity (Wildman–Crippen MR) is 196 cm³/mol. The molecule has 2 amide bonds. The molecule has 54 heavy (non-hydrogen) atoms. The Bertz CT molecular complexity index is 1820. The van der Waals surface area contributed by atoms with Gasteiger partial charge >= 0.3 is 12.4 Å². The first-order chi connectivity index (χ1) is 25.8. The minimum absolute atomic E-state index is 0.121. The van der Waals surface area contributed by atoms with E-state index in [9.17, 15) is 35.9 Å². The number of amides is 2. The molecule has 0 radical (unpaired) electrons. The van der Waals surface area contributed by atoms with E-state index in [-0.39, 0.29) is 18.9 Å². The topological polar surface area (TPSA) is 56.8 Å². The van der Waals surface area contributed by atoms with Gasteiger partial charge in [-0.15, -0.1) is 0 Å². The molecule has 0 unspecified atom stereocenters. The van der Waals surface area contributed by atoms with Gasteiger partial charge in [0.1, 0.15) is 11.7 Å². The van der Waals surface area contributed by atoms with E-state index in [2.05, 4.69) is 11.9 Å². The van der Waals surface area contributed by atoms with Crippen LogP contribution in [0.3, 0.4) is 0 Å². The van der Waals surface area contributed by atoms with Crippen LogP contribution in [-0.2, 0) is 47.9 Å². The molecule has 6 nitrogen and oxygen atoms in total. The summed E-state index contributed by atoms with van der Waals surface area (Å²) in [6.07, 6.45) is -0.588. The molecule has 286 valence electrons. The lowest BCUT2D eigenvalue weighted by molar-refractivity contribution is -0.145. The second-order valence-corrected chi connectivity index (χ2v) is 13.5. The van der Waals surface area contributed by atoms with E-state index in [4.69, 9.17) is 0 Å². The number of pyridine rings is 1. The highest BCUT2D eigenvalue weighted by Gasteiger charge is 2.35. The number of rotatable bonds is 14. The quantitative estimate of drug-likeness (QED) is 0.0735. The number of piperazine rings is 1. The summed E-state index contributed by atoms with van der Waals surface area (Å²) >= 11 is 0. The molecule has 1 aliphatic rings. The monoisotopic (exact) mass is 750 g/mol. The molecular weight excluding hydrogens is 706 g/mol. The molecule has 12 heteroatoms. The first-order valence-electron chi connectivity index (χ1n) is 18.1. The van der Waals surface area contributed by atoms with Crippen molar-refractivity contribution in [2.45, 2.75) is 70.5 Å². The third-order valence-corrected chi connectivity index (χ3v) is 9.52. The van der Waals surface area contributed by atoms with Crippen molar-refractivity contribution in [3.63, 3.8) is 0 Å². The molecule has 5 rings (SSSR count). The van der Waals surface area contributed by atoms with Crippen LogP contribution in [-0.4, -0.2) is 63.7 Å². The van der Waals surface area contributed by atoms with Crippen molar-refractivity contribution in [2.75, 3.05) is 26.2 Å². The van der Waals surface area contributed by atoms with Gasteiger partial charge in [-0.2, -0.15) is 26.3 Å². The van der Waals surface area contributed by atoms with E-state index >= 15 is 0 Å². The number of aryl methyl sites for hydroxylation is 1. The lowest BCUT2D eigenvalue weighted by atomic mass is 10.0. The van der Waals surface area contributed by atoms with Gasteiger partial charge in [-0.1, -0.05) is 92.6 Å². The number of unbranched alkanes of at least 4 members (excludes halogenated alkanes) is 2. The van der Waals surface area contributed by atoms with Gasteiger partial charge in [0.15, 0.2) is 0 Å². The maximum Gasteiger partial charge on any atom is 0.433 e. The van der Waals surface area contributed by atoms with Crippen LogP contribution < -0.4 is 0 Å². The van der Waals surface area contributed by atoms with Crippen molar-refractivity contribution >= 4 is 17.9 Å². The fourth-order valence-corrected chi connectivity index (χ4v) is 6.42. The Morgan fingerprint density at radius 1 is 0.759 bits per heavy atom. The van der Waals surface area contributed by atoms with Gasteiger partial charge in [-0.05, 0) is 64.9 Å². The van der Waals surface area contributed by atoms with E-state index in [1.807, 2.05) is 59.5 Å². The average Bonchev–Trinajstić information content (AvgIpc) is 3.16. The highest BCUT2D eigenvalue weighted by Crippen LogP contribution is 2.30. The van der Waals surface area contributed by atoms with Crippen LogP contribution >= 0.6 is 0 Å². The fourth-order valence-electron chi connectivity index (χ4n) is 6.42. The Morgan fingerprint density at radius 3 is 2.00 bits per heavy atom. The molecule has 1 aromatic heterocycles. The maximum atomic E-state index is 14.5. The summed E-state index contributed by atoms with van der Waals surface area (Å²) in [4.78, 5) is 37.5. The SMILES string of the molecule is CCCCCc1ccc(CN(C(=O)/C=C/c2ccc(C(F)(F)F)cc2)[C@@H](Cc2ccccc2)C(=O)N2CCN(Cc3ccc(C(F)(F)F)nc3)CC2)cc1. The molecule has 0 aliphatic carbocycles. The van der Waals surface area contributed by atoms with Gasteiger partial charge in [-0.3, -0.25) is 19.5 Å². The summed E-state index contributed by atoms with van der Waals surface area (Å²) in [5, 5.41) is 0. The standard InChI is InChI=1S/C42H44F6N4O2/c1-2-3-5-8-31-11-13-34(14-12-31)30-52(39(53)22-18-32-15-19-36(20-16-32)41(43,44)45)37(27-33-9-6-4-7-10-33)40(54)51-25-23-50(24-26-51)29-35-17-21-38(49-28-35)42(46,47)48/h4,6-7,9-22,28,37H,2-3,5,8,23-27,29-30H2,1H3/b22-18+/t37-/m0/s1. The highest BCUT2D eigenvalue weighted by molar-refractivity contribution is 5.95. The van der Waals surface area contributed by atoms with Crippen LogP contribution in [0, 0.1) is 0 Å². The second-order valence-electron chi connectivity index (χ2n) is 13.5. The Kier molecular flexibility index (Phi) is 13.7. The van der Waals surface area contributed by atoms with Crippen molar-refractivity contribution in [3.8, 4) is 0 Å². The van der Waals surface area contributed by atoms with Gasteiger partial charge < -0.3 is 9.80 Å². The van der Waals surface area contributed by atoms with Crippen LogP contribution in [0.1, 0.15) is 65.3 Å². The molecule has 1 saturated heterocycles. The Morgan fingerprint density at radius 2 is 1.41 bits per heavy atom. The lowest BCUT2D eigenvalue weighted by Gasteiger charge is -2.39. The van der Waals surface area contributed by atoms with Crippen molar-refractivity contribution in [1.82, 2.24) is 19.7 Å². The van der Waals surface area contributed by atoms with Crippen LogP contribution in [0.5, 0.6) is 0 Å². The second kappa shape index (κ2) is 18.4. The van der Waals surface area contributed by atoms with Gasteiger partial charge in [0.2, 0.25) is 11.8 Å². The Balaban J connectivity index is 1.38. The number of alkyl halides is 6. The molecule has 0 spiro atoms. The summed E-state index contributed by atoms with van der Waals surface area (Å²) in [7, 11) is 0. The van der Waals surface area contributed by atoms with E-state index in [0.29, 0.717) is 43.9 Å². The number of benzene rings is 3. The van der Waals surface area contributed by atoms with E-state index in [1.165, 1.54) is 47.0 Å². The number of nitrogens with zero attached hydrogens (tertiary/aromatic N) is 4. The zero-order valence-electron chi connectivity index (χ0n) is 30.1. The predicted octanol–water partition coefficient (Wildman–Crippen LogP) is 8.85. The summed E-state index contributed by atoms with van der Waals surface area (Å²) in [6, 6.07) is 23.3. The summed E-state index contributed by atoms with van der Waals surface area (Å²) in [5.41, 5.74) is 2.12. The third-order valence-electron chi connectivity index (χ3n) is 9.52. The van der Waals surface area contributed by atoms with Gasteiger partial charge in [0.05, 0.1) is 5.56 Å². The molecule has 1 atom stereocenters. The Labute approximate surface area is 312 Å². The highest BCUT2D eigenvalue weighted by atomic mass is 19.4. The van der Waals surface area contributed by atoms with E-state index in [1.54, 1.807) is 4.90 Å². The summed E-state index contributed by atoms with van der Waals surface area (Å²) in [6.45, 7) is 4.25. The molecule has 4 aromatic rings. The number of carbonyl (C=O) groups is 2. The first kappa shape index (κ1) is 40.2.